The number of nitrogens with zero attached hydrogens (tertiary/aromatic N) is 2. The summed E-state index contributed by atoms with van der Waals surface area (Å²) in [4.78, 5) is 6.97. The Balaban J connectivity index is 1.73. The number of piperazine rings is 1. The lowest BCUT2D eigenvalue weighted by atomic mass is 9.99. The first-order chi connectivity index (χ1) is 10.2. The number of nitrogens with one attached hydrogen (secondary N) is 1. The Hall–Kier alpha value is -0.420. The first-order valence-corrected chi connectivity index (χ1v) is 9.34. The predicted octanol–water partition coefficient (Wildman–Crippen LogP) is 2.81. The average Bonchev–Trinajstić information content (AvgIpc) is 3.00. The summed E-state index contributed by atoms with van der Waals surface area (Å²) in [6, 6.07) is 5.75. The average molecular weight is 308 g/mol. The van der Waals surface area contributed by atoms with E-state index >= 15 is 0 Å². The van der Waals surface area contributed by atoms with Crippen molar-refractivity contribution in [2.75, 3.05) is 39.3 Å². The van der Waals surface area contributed by atoms with Gasteiger partial charge in [-0.25, -0.2) is 0 Å². The highest BCUT2D eigenvalue weighted by Crippen LogP contribution is 2.30. The Kier molecular flexibility index (Phi) is 5.33. The van der Waals surface area contributed by atoms with Crippen LogP contribution in [0.25, 0.3) is 0 Å². The van der Waals surface area contributed by atoms with Gasteiger partial charge in [0.05, 0.1) is 6.04 Å². The van der Waals surface area contributed by atoms with E-state index in [-0.39, 0.29) is 0 Å². The number of thiophene rings is 1. The van der Waals surface area contributed by atoms with Crippen LogP contribution >= 0.6 is 11.3 Å². The van der Waals surface area contributed by atoms with Gasteiger partial charge in [-0.1, -0.05) is 13.0 Å². The van der Waals surface area contributed by atoms with E-state index in [0.717, 1.165) is 19.0 Å². The molecule has 3 rings (SSSR count). The number of hydrogen-bond acceptors (Lipinski definition) is 4. The van der Waals surface area contributed by atoms with Crippen LogP contribution in [0.3, 0.4) is 0 Å². The molecule has 21 heavy (non-hydrogen) atoms. The number of hydrogen-bond donors (Lipinski definition) is 1. The second-order valence-corrected chi connectivity index (χ2v) is 7.81. The predicted molar refractivity (Wildman–Crippen MR) is 90.9 cm³/mol. The molecule has 3 unspecified atom stereocenters. The van der Waals surface area contributed by atoms with Gasteiger partial charge in [-0.15, -0.1) is 11.3 Å². The van der Waals surface area contributed by atoms with Gasteiger partial charge in [0, 0.05) is 43.6 Å². The van der Waals surface area contributed by atoms with Crippen molar-refractivity contribution in [1.29, 1.82) is 0 Å². The van der Waals surface area contributed by atoms with Crippen molar-refractivity contribution < 1.29 is 0 Å². The second kappa shape index (κ2) is 7.23. The van der Waals surface area contributed by atoms with Gasteiger partial charge in [0.1, 0.15) is 0 Å². The Morgan fingerprint density at radius 2 is 2.29 bits per heavy atom. The minimum Gasteiger partial charge on any atom is -0.314 e. The normalized spacial score (nSPS) is 30.4. The summed E-state index contributed by atoms with van der Waals surface area (Å²) in [6.07, 6.45) is 2.78. The largest absolute Gasteiger partial charge is 0.314 e. The van der Waals surface area contributed by atoms with Crippen molar-refractivity contribution in [2.45, 2.75) is 38.8 Å². The lowest BCUT2D eigenvalue weighted by Gasteiger charge is -2.42. The van der Waals surface area contributed by atoms with Crippen LogP contribution in [-0.2, 0) is 0 Å². The minimum absolute atomic E-state index is 0.576. The lowest BCUT2D eigenvalue weighted by molar-refractivity contribution is 0.0717. The van der Waals surface area contributed by atoms with Crippen LogP contribution in [0.1, 0.15) is 37.6 Å². The highest BCUT2D eigenvalue weighted by Gasteiger charge is 2.30. The second-order valence-electron chi connectivity index (χ2n) is 6.83. The third-order valence-electron chi connectivity index (χ3n) is 5.00. The molecule has 0 bridgehead atoms. The molecule has 2 saturated heterocycles. The van der Waals surface area contributed by atoms with Gasteiger partial charge >= 0.3 is 0 Å². The highest BCUT2D eigenvalue weighted by atomic mass is 32.1. The molecule has 2 aliphatic heterocycles. The summed E-state index contributed by atoms with van der Waals surface area (Å²) in [6.45, 7) is 12.0. The molecule has 0 spiro atoms. The molecular weight excluding hydrogens is 278 g/mol. The van der Waals surface area contributed by atoms with Crippen molar-refractivity contribution in [3.8, 4) is 0 Å². The topological polar surface area (TPSA) is 18.5 Å². The SMILES string of the molecule is CC1CCCN(CC(c2cccs2)N2CCNCC2C)C1. The van der Waals surface area contributed by atoms with E-state index in [9.17, 15) is 0 Å². The van der Waals surface area contributed by atoms with E-state index in [1.54, 1.807) is 4.88 Å². The Morgan fingerprint density at radius 1 is 1.38 bits per heavy atom. The maximum Gasteiger partial charge on any atom is 0.0572 e. The minimum atomic E-state index is 0.576. The summed E-state index contributed by atoms with van der Waals surface area (Å²) in [5.74, 6) is 0.864. The lowest BCUT2D eigenvalue weighted by Crippen LogP contribution is -2.53. The van der Waals surface area contributed by atoms with Crippen LogP contribution < -0.4 is 5.32 Å². The first kappa shape index (κ1) is 15.5. The number of piperidine rings is 1. The van der Waals surface area contributed by atoms with Gasteiger partial charge in [-0.05, 0) is 43.7 Å². The fraction of sp³-hybridized carbons (Fsp3) is 0.765. The maximum atomic E-state index is 3.52. The first-order valence-electron chi connectivity index (χ1n) is 8.46. The molecule has 2 aliphatic rings. The summed E-state index contributed by atoms with van der Waals surface area (Å²) in [7, 11) is 0. The van der Waals surface area contributed by atoms with Crippen molar-refractivity contribution >= 4 is 11.3 Å². The molecule has 118 valence electrons. The van der Waals surface area contributed by atoms with Crippen LogP contribution in [0.2, 0.25) is 0 Å². The molecule has 0 aromatic carbocycles. The molecule has 0 saturated carbocycles. The van der Waals surface area contributed by atoms with Crippen LogP contribution in [0, 0.1) is 5.92 Å². The number of rotatable bonds is 4. The van der Waals surface area contributed by atoms with E-state index < -0.39 is 0 Å². The fourth-order valence-corrected chi connectivity index (χ4v) is 4.69. The molecule has 1 N–H and O–H groups in total. The Labute approximate surface area is 133 Å². The zero-order valence-corrected chi connectivity index (χ0v) is 14.2. The van der Waals surface area contributed by atoms with Gasteiger partial charge in [0.2, 0.25) is 0 Å². The van der Waals surface area contributed by atoms with Crippen LogP contribution in [0.15, 0.2) is 17.5 Å². The van der Waals surface area contributed by atoms with Crippen molar-refractivity contribution in [2.24, 2.45) is 5.92 Å². The zero-order valence-electron chi connectivity index (χ0n) is 13.4. The molecule has 0 radical (unpaired) electrons. The molecule has 1 aromatic rings. The molecule has 3 nitrogen and oxygen atoms in total. The van der Waals surface area contributed by atoms with Gasteiger partial charge in [-0.2, -0.15) is 0 Å². The maximum absolute atomic E-state index is 3.52. The van der Waals surface area contributed by atoms with Gasteiger partial charge < -0.3 is 10.2 Å². The van der Waals surface area contributed by atoms with E-state index in [4.69, 9.17) is 0 Å². The molecule has 4 heteroatoms. The molecular formula is C17H29N3S. The molecule has 0 aliphatic carbocycles. The third-order valence-corrected chi connectivity index (χ3v) is 5.97. The van der Waals surface area contributed by atoms with Crippen molar-refractivity contribution in [3.63, 3.8) is 0 Å². The molecule has 2 fully saturated rings. The van der Waals surface area contributed by atoms with Crippen LogP contribution in [0.4, 0.5) is 0 Å². The van der Waals surface area contributed by atoms with Gasteiger partial charge in [0.25, 0.3) is 0 Å². The van der Waals surface area contributed by atoms with Crippen LogP contribution in [-0.4, -0.2) is 55.1 Å². The van der Waals surface area contributed by atoms with Crippen molar-refractivity contribution in [3.05, 3.63) is 22.4 Å². The molecule has 3 heterocycles. The Morgan fingerprint density at radius 3 is 3.00 bits per heavy atom. The smallest absolute Gasteiger partial charge is 0.0572 e. The summed E-state index contributed by atoms with van der Waals surface area (Å²) in [5.41, 5.74) is 0. The summed E-state index contributed by atoms with van der Waals surface area (Å²) < 4.78 is 0. The van der Waals surface area contributed by atoms with Gasteiger partial charge in [0.15, 0.2) is 0 Å². The Bertz CT molecular complexity index is 420. The van der Waals surface area contributed by atoms with E-state index in [1.807, 2.05) is 11.3 Å². The van der Waals surface area contributed by atoms with E-state index in [0.29, 0.717) is 12.1 Å². The number of likely N-dealkylation sites (tertiary alicyclic amines) is 1. The monoisotopic (exact) mass is 307 g/mol. The molecule has 0 amide bonds. The summed E-state index contributed by atoms with van der Waals surface area (Å²) in [5, 5.41) is 5.75. The zero-order chi connectivity index (χ0) is 14.7. The molecule has 1 aromatic heterocycles. The third kappa shape index (κ3) is 3.86. The van der Waals surface area contributed by atoms with Gasteiger partial charge in [-0.3, -0.25) is 4.90 Å². The van der Waals surface area contributed by atoms with E-state index in [2.05, 4.69) is 46.5 Å². The quantitative estimate of drug-likeness (QED) is 0.923. The standard InChI is InChI=1S/C17H29N3S/c1-14-5-3-8-19(12-14)13-16(17-6-4-10-21-17)20-9-7-18-11-15(20)2/h4,6,10,14-16,18H,3,5,7-9,11-13H2,1-2H3. The highest BCUT2D eigenvalue weighted by molar-refractivity contribution is 7.10. The summed E-state index contributed by atoms with van der Waals surface area (Å²) >= 11 is 1.93. The molecule has 3 atom stereocenters. The van der Waals surface area contributed by atoms with Crippen LogP contribution in [0.5, 0.6) is 0 Å². The van der Waals surface area contributed by atoms with E-state index in [1.165, 1.54) is 39.0 Å². The fourth-order valence-electron chi connectivity index (χ4n) is 3.86. The van der Waals surface area contributed by atoms with Crippen molar-refractivity contribution in [1.82, 2.24) is 15.1 Å².